The fraction of sp³-hybridized carbons (Fsp3) is 0.217. The van der Waals surface area contributed by atoms with Gasteiger partial charge in [0, 0.05) is 17.7 Å². The van der Waals surface area contributed by atoms with E-state index in [0.717, 1.165) is 24.1 Å². The number of para-hydroxylation sites is 1. The van der Waals surface area contributed by atoms with E-state index in [4.69, 9.17) is 9.47 Å². The average Bonchev–Trinajstić information content (AvgIpc) is 2.72. The van der Waals surface area contributed by atoms with Crippen LogP contribution in [-0.2, 0) is 19.6 Å². The van der Waals surface area contributed by atoms with Gasteiger partial charge in [0.25, 0.3) is 0 Å². The molecule has 154 valence electrons. The summed E-state index contributed by atoms with van der Waals surface area (Å²) >= 11 is 0. The van der Waals surface area contributed by atoms with Gasteiger partial charge in [0.2, 0.25) is 0 Å². The molecule has 3 aromatic rings. The van der Waals surface area contributed by atoms with Gasteiger partial charge in [-0.15, -0.1) is 12.4 Å². The second-order valence-electron chi connectivity index (χ2n) is 6.38. The van der Waals surface area contributed by atoms with Crippen LogP contribution in [0.3, 0.4) is 0 Å². The smallest absolute Gasteiger partial charge is 0.166 e. The fourth-order valence-corrected chi connectivity index (χ4v) is 2.90. The molecule has 0 bridgehead atoms. The van der Waals surface area contributed by atoms with E-state index < -0.39 is 0 Å². The molecule has 0 aromatic heterocycles. The molecule has 0 fully saturated rings. The highest BCUT2D eigenvalue weighted by Gasteiger charge is 2.12. The van der Waals surface area contributed by atoms with Crippen molar-refractivity contribution in [2.75, 3.05) is 13.7 Å². The number of nitrogens with one attached hydrogen (secondary N) is 1. The number of ether oxygens (including phenoxy) is 2. The lowest BCUT2D eigenvalue weighted by Gasteiger charge is -2.16. The first-order valence-electron chi connectivity index (χ1n) is 9.14. The molecule has 6 heteroatoms. The Morgan fingerprint density at radius 3 is 2.31 bits per heavy atom. The van der Waals surface area contributed by atoms with Crippen LogP contribution in [0, 0.1) is 11.6 Å². The van der Waals surface area contributed by atoms with Crippen molar-refractivity contribution in [3.8, 4) is 11.5 Å². The quantitative estimate of drug-likeness (QED) is 0.477. The first kappa shape index (κ1) is 22.7. The molecule has 3 nitrogen and oxygen atoms in total. The number of methoxy groups -OCH3 is 1. The largest absolute Gasteiger partial charge is 0.493 e. The SMILES string of the molecule is COc1cccc(CNCCc2ccc(F)cc2)c1OCc1ccccc1F.Cl. The van der Waals surface area contributed by atoms with Crippen LogP contribution in [-0.4, -0.2) is 13.7 Å². The van der Waals surface area contributed by atoms with E-state index >= 15 is 0 Å². The number of hydrogen-bond donors (Lipinski definition) is 1. The van der Waals surface area contributed by atoms with Crippen molar-refractivity contribution >= 4 is 12.4 Å². The summed E-state index contributed by atoms with van der Waals surface area (Å²) in [5.41, 5.74) is 2.48. The maximum atomic E-state index is 13.9. The van der Waals surface area contributed by atoms with Gasteiger partial charge in [-0.2, -0.15) is 0 Å². The minimum absolute atomic E-state index is 0. The van der Waals surface area contributed by atoms with Crippen molar-refractivity contribution in [2.24, 2.45) is 0 Å². The summed E-state index contributed by atoms with van der Waals surface area (Å²) in [5, 5.41) is 3.36. The third-order valence-corrected chi connectivity index (χ3v) is 4.43. The molecule has 0 atom stereocenters. The molecule has 0 saturated carbocycles. The van der Waals surface area contributed by atoms with Gasteiger partial charge in [0.05, 0.1) is 7.11 Å². The molecule has 3 aromatic carbocycles. The van der Waals surface area contributed by atoms with E-state index in [0.29, 0.717) is 23.6 Å². The Morgan fingerprint density at radius 2 is 1.59 bits per heavy atom. The Hall–Kier alpha value is -2.63. The van der Waals surface area contributed by atoms with Crippen molar-refractivity contribution in [2.45, 2.75) is 19.6 Å². The molecule has 1 N–H and O–H groups in total. The lowest BCUT2D eigenvalue weighted by molar-refractivity contribution is 0.276. The lowest BCUT2D eigenvalue weighted by Crippen LogP contribution is -2.17. The lowest BCUT2D eigenvalue weighted by atomic mass is 10.1. The minimum Gasteiger partial charge on any atom is -0.493 e. The summed E-state index contributed by atoms with van der Waals surface area (Å²) < 4.78 is 38.1. The van der Waals surface area contributed by atoms with E-state index in [1.54, 1.807) is 37.4 Å². The van der Waals surface area contributed by atoms with Crippen LogP contribution in [0.5, 0.6) is 11.5 Å². The second kappa shape index (κ2) is 11.4. The third kappa shape index (κ3) is 6.44. The number of benzene rings is 3. The zero-order chi connectivity index (χ0) is 19.8. The summed E-state index contributed by atoms with van der Waals surface area (Å²) in [7, 11) is 1.58. The number of rotatable bonds is 9. The zero-order valence-corrected chi connectivity index (χ0v) is 17.0. The monoisotopic (exact) mass is 419 g/mol. The highest BCUT2D eigenvalue weighted by Crippen LogP contribution is 2.32. The van der Waals surface area contributed by atoms with E-state index in [1.807, 2.05) is 18.2 Å². The molecular weight excluding hydrogens is 396 g/mol. The minimum atomic E-state index is -0.295. The van der Waals surface area contributed by atoms with E-state index in [-0.39, 0.29) is 30.6 Å². The van der Waals surface area contributed by atoms with Crippen molar-refractivity contribution in [1.82, 2.24) is 5.32 Å². The molecule has 3 rings (SSSR count). The highest BCUT2D eigenvalue weighted by molar-refractivity contribution is 5.85. The molecule has 0 spiro atoms. The molecule has 0 aliphatic heterocycles. The van der Waals surface area contributed by atoms with E-state index in [9.17, 15) is 8.78 Å². The Balaban J connectivity index is 0.00000300. The first-order valence-corrected chi connectivity index (χ1v) is 9.14. The first-order chi connectivity index (χ1) is 13.7. The molecule has 0 aliphatic carbocycles. The topological polar surface area (TPSA) is 30.5 Å². The molecule has 0 amide bonds. The summed E-state index contributed by atoms with van der Waals surface area (Å²) in [5.74, 6) is 0.679. The average molecular weight is 420 g/mol. The van der Waals surface area contributed by atoms with Gasteiger partial charge in [-0.3, -0.25) is 0 Å². The summed E-state index contributed by atoms with van der Waals surface area (Å²) in [6.07, 6.45) is 0.787. The zero-order valence-electron chi connectivity index (χ0n) is 16.2. The predicted molar refractivity (Wildman–Crippen MR) is 113 cm³/mol. The van der Waals surface area contributed by atoms with Crippen LogP contribution in [0.4, 0.5) is 8.78 Å². The Kier molecular flexibility index (Phi) is 8.90. The van der Waals surface area contributed by atoms with Gasteiger partial charge >= 0.3 is 0 Å². The maximum Gasteiger partial charge on any atom is 0.166 e. The van der Waals surface area contributed by atoms with Gasteiger partial charge in [0.1, 0.15) is 18.2 Å². The highest BCUT2D eigenvalue weighted by atomic mass is 35.5. The van der Waals surface area contributed by atoms with Crippen LogP contribution in [0.25, 0.3) is 0 Å². The van der Waals surface area contributed by atoms with E-state index in [2.05, 4.69) is 5.32 Å². The maximum absolute atomic E-state index is 13.9. The Labute approximate surface area is 176 Å². The van der Waals surface area contributed by atoms with Crippen LogP contribution >= 0.6 is 12.4 Å². The van der Waals surface area contributed by atoms with Crippen LogP contribution in [0.2, 0.25) is 0 Å². The van der Waals surface area contributed by atoms with Gasteiger partial charge in [-0.25, -0.2) is 8.78 Å². The van der Waals surface area contributed by atoms with Crippen molar-refractivity contribution < 1.29 is 18.3 Å². The third-order valence-electron chi connectivity index (χ3n) is 4.43. The summed E-state index contributed by atoms with van der Waals surface area (Å²) in [4.78, 5) is 0. The Bertz CT molecular complexity index is 904. The standard InChI is InChI=1S/C23H23F2NO2.ClH/c1-27-22-8-4-6-18(15-26-14-13-17-9-11-20(24)12-10-17)23(22)28-16-19-5-2-3-7-21(19)25;/h2-12,26H,13-16H2,1H3;1H. The normalized spacial score (nSPS) is 10.3. The van der Waals surface area contributed by atoms with Crippen LogP contribution in [0.1, 0.15) is 16.7 Å². The van der Waals surface area contributed by atoms with Gasteiger partial charge in [-0.05, 0) is 42.8 Å². The summed E-state index contributed by atoms with van der Waals surface area (Å²) in [6.45, 7) is 1.43. The summed E-state index contributed by atoms with van der Waals surface area (Å²) in [6, 6.07) is 18.7. The molecule has 29 heavy (non-hydrogen) atoms. The van der Waals surface area contributed by atoms with Crippen LogP contribution < -0.4 is 14.8 Å². The van der Waals surface area contributed by atoms with Crippen molar-refractivity contribution in [1.29, 1.82) is 0 Å². The van der Waals surface area contributed by atoms with Gasteiger partial charge in [0.15, 0.2) is 11.5 Å². The molecular formula is C23H24ClF2NO2. The van der Waals surface area contributed by atoms with Gasteiger partial charge in [-0.1, -0.05) is 42.5 Å². The molecule has 0 unspecified atom stereocenters. The predicted octanol–water partition coefficient (Wildman–Crippen LogP) is 5.31. The number of halogens is 3. The molecule has 0 aliphatic rings. The molecule has 0 heterocycles. The molecule has 0 saturated heterocycles. The van der Waals surface area contributed by atoms with Crippen LogP contribution in [0.15, 0.2) is 66.7 Å². The van der Waals surface area contributed by atoms with Gasteiger partial charge < -0.3 is 14.8 Å². The van der Waals surface area contributed by atoms with E-state index in [1.165, 1.54) is 18.2 Å². The number of hydrogen-bond acceptors (Lipinski definition) is 3. The fourth-order valence-electron chi connectivity index (χ4n) is 2.90. The molecule has 0 radical (unpaired) electrons. The van der Waals surface area contributed by atoms with Crippen molar-refractivity contribution in [3.63, 3.8) is 0 Å². The second-order valence-corrected chi connectivity index (χ2v) is 6.38. The van der Waals surface area contributed by atoms with Crippen molar-refractivity contribution in [3.05, 3.63) is 95.1 Å². The Morgan fingerprint density at radius 1 is 0.862 bits per heavy atom.